The SMILES string of the molecule is Cn1cc(-c2cc(=S)nc(-c3ncc(Cl)cc3Cl)[nH]2)cn1. The fourth-order valence-corrected chi connectivity index (χ4v) is 2.55. The second kappa shape index (κ2) is 5.55. The number of nitrogens with zero attached hydrogens (tertiary/aromatic N) is 4. The Bertz CT molecular complexity index is 871. The Hall–Kier alpha value is -1.76. The molecule has 0 radical (unpaired) electrons. The molecule has 0 aromatic carbocycles. The van der Waals surface area contributed by atoms with Crippen molar-refractivity contribution in [3.8, 4) is 22.8 Å². The third-order valence-electron chi connectivity index (χ3n) is 2.79. The van der Waals surface area contributed by atoms with Crippen LogP contribution >= 0.6 is 35.4 Å². The Labute approximate surface area is 135 Å². The number of hydrogen-bond acceptors (Lipinski definition) is 4. The van der Waals surface area contributed by atoms with Crippen LogP contribution in [0.5, 0.6) is 0 Å². The van der Waals surface area contributed by atoms with Gasteiger partial charge in [-0.1, -0.05) is 35.4 Å². The zero-order valence-corrected chi connectivity index (χ0v) is 13.2. The molecule has 8 heteroatoms. The summed E-state index contributed by atoms with van der Waals surface area (Å²) in [5.74, 6) is 0.489. The van der Waals surface area contributed by atoms with Gasteiger partial charge in [0.1, 0.15) is 10.3 Å². The van der Waals surface area contributed by atoms with Gasteiger partial charge < -0.3 is 4.98 Å². The lowest BCUT2D eigenvalue weighted by atomic mass is 10.2. The van der Waals surface area contributed by atoms with E-state index in [1.54, 1.807) is 23.0 Å². The van der Waals surface area contributed by atoms with E-state index in [9.17, 15) is 0 Å². The first kappa shape index (κ1) is 14.2. The van der Waals surface area contributed by atoms with Gasteiger partial charge in [0, 0.05) is 25.0 Å². The normalized spacial score (nSPS) is 10.8. The van der Waals surface area contributed by atoms with Crippen LogP contribution in [0.25, 0.3) is 22.8 Å². The Kier molecular flexibility index (Phi) is 3.75. The van der Waals surface area contributed by atoms with Crippen molar-refractivity contribution in [2.45, 2.75) is 0 Å². The smallest absolute Gasteiger partial charge is 0.159 e. The highest BCUT2D eigenvalue weighted by atomic mass is 35.5. The fraction of sp³-hybridized carbons (Fsp3) is 0.0769. The molecular weight excluding hydrogens is 329 g/mol. The molecule has 3 aromatic rings. The third kappa shape index (κ3) is 2.97. The van der Waals surface area contributed by atoms with Gasteiger partial charge in [0.05, 0.1) is 21.9 Å². The van der Waals surface area contributed by atoms with Crippen LogP contribution in [0.1, 0.15) is 0 Å². The maximum absolute atomic E-state index is 6.16. The second-order valence-corrected chi connectivity index (χ2v) is 5.63. The van der Waals surface area contributed by atoms with E-state index in [-0.39, 0.29) is 0 Å². The van der Waals surface area contributed by atoms with Crippen molar-refractivity contribution >= 4 is 35.4 Å². The van der Waals surface area contributed by atoms with Crippen molar-refractivity contribution in [3.63, 3.8) is 0 Å². The zero-order valence-electron chi connectivity index (χ0n) is 10.8. The van der Waals surface area contributed by atoms with E-state index < -0.39 is 0 Å². The lowest BCUT2D eigenvalue weighted by Gasteiger charge is -2.06. The largest absolute Gasteiger partial charge is 0.338 e. The van der Waals surface area contributed by atoms with Crippen LogP contribution in [-0.4, -0.2) is 24.7 Å². The van der Waals surface area contributed by atoms with E-state index in [1.165, 1.54) is 6.20 Å². The molecule has 106 valence electrons. The third-order valence-corrected chi connectivity index (χ3v) is 3.49. The lowest BCUT2D eigenvalue weighted by molar-refractivity contribution is 0.768. The van der Waals surface area contributed by atoms with Gasteiger partial charge in [-0.25, -0.2) is 9.97 Å². The first-order chi connectivity index (χ1) is 10.0. The quantitative estimate of drug-likeness (QED) is 0.720. The van der Waals surface area contributed by atoms with Gasteiger partial charge in [0.2, 0.25) is 0 Å². The number of aromatic amines is 1. The van der Waals surface area contributed by atoms with E-state index in [0.717, 1.165) is 11.3 Å². The number of hydrogen-bond donors (Lipinski definition) is 1. The summed E-state index contributed by atoms with van der Waals surface area (Å²) in [7, 11) is 1.85. The average molecular weight is 338 g/mol. The van der Waals surface area contributed by atoms with Gasteiger partial charge in [0.15, 0.2) is 5.82 Å². The topological polar surface area (TPSA) is 59.4 Å². The predicted molar refractivity (Wildman–Crippen MR) is 84.9 cm³/mol. The predicted octanol–water partition coefficient (Wildman–Crippen LogP) is 3.91. The molecule has 3 heterocycles. The Balaban J connectivity index is 2.16. The fourth-order valence-electron chi connectivity index (χ4n) is 1.87. The molecule has 0 unspecified atom stereocenters. The molecule has 0 spiro atoms. The number of nitrogens with one attached hydrogen (secondary N) is 1. The minimum atomic E-state index is 0.406. The molecule has 0 fully saturated rings. The summed E-state index contributed by atoms with van der Waals surface area (Å²) in [5, 5.41) is 5.01. The summed E-state index contributed by atoms with van der Waals surface area (Å²) in [6.07, 6.45) is 5.13. The van der Waals surface area contributed by atoms with E-state index in [0.29, 0.717) is 26.2 Å². The van der Waals surface area contributed by atoms with Gasteiger partial charge >= 0.3 is 0 Å². The minimum Gasteiger partial charge on any atom is -0.338 e. The van der Waals surface area contributed by atoms with Crippen LogP contribution in [0, 0.1) is 4.64 Å². The highest BCUT2D eigenvalue weighted by Gasteiger charge is 2.11. The number of aromatic nitrogens is 5. The van der Waals surface area contributed by atoms with Gasteiger partial charge in [-0.3, -0.25) is 4.68 Å². The first-order valence-corrected chi connectivity index (χ1v) is 7.11. The van der Waals surface area contributed by atoms with Crippen molar-refractivity contribution in [1.29, 1.82) is 0 Å². The summed E-state index contributed by atoms with van der Waals surface area (Å²) in [6.45, 7) is 0. The average Bonchev–Trinajstić information content (AvgIpc) is 2.84. The van der Waals surface area contributed by atoms with Gasteiger partial charge in [0.25, 0.3) is 0 Å². The summed E-state index contributed by atoms with van der Waals surface area (Å²) >= 11 is 17.2. The summed E-state index contributed by atoms with van der Waals surface area (Å²) in [5.41, 5.74) is 2.20. The first-order valence-electron chi connectivity index (χ1n) is 5.95. The van der Waals surface area contributed by atoms with Crippen LogP contribution in [-0.2, 0) is 7.05 Å². The van der Waals surface area contributed by atoms with Crippen molar-refractivity contribution in [3.05, 3.63) is 45.4 Å². The molecule has 0 aliphatic heterocycles. The van der Waals surface area contributed by atoms with E-state index in [4.69, 9.17) is 35.4 Å². The molecule has 0 aliphatic carbocycles. The molecule has 0 amide bonds. The maximum atomic E-state index is 6.16. The molecule has 3 aromatic heterocycles. The Morgan fingerprint density at radius 2 is 2.05 bits per heavy atom. The molecule has 3 rings (SSSR count). The van der Waals surface area contributed by atoms with Crippen molar-refractivity contribution in [2.24, 2.45) is 7.05 Å². The van der Waals surface area contributed by atoms with Crippen molar-refractivity contribution < 1.29 is 0 Å². The molecule has 5 nitrogen and oxygen atoms in total. The molecule has 21 heavy (non-hydrogen) atoms. The molecule has 1 N–H and O–H groups in total. The number of pyridine rings is 1. The molecule has 0 saturated heterocycles. The molecular formula is C13H9Cl2N5S. The molecule has 0 saturated carbocycles. The Morgan fingerprint density at radius 1 is 1.24 bits per heavy atom. The second-order valence-electron chi connectivity index (χ2n) is 4.37. The van der Waals surface area contributed by atoms with Crippen LogP contribution in [0.2, 0.25) is 10.0 Å². The summed E-state index contributed by atoms with van der Waals surface area (Å²) in [6, 6.07) is 3.38. The zero-order chi connectivity index (χ0) is 15.0. The highest BCUT2D eigenvalue weighted by Crippen LogP contribution is 2.27. The van der Waals surface area contributed by atoms with Crippen LogP contribution in [0.15, 0.2) is 30.7 Å². The van der Waals surface area contributed by atoms with Crippen molar-refractivity contribution in [2.75, 3.05) is 0 Å². The monoisotopic (exact) mass is 337 g/mol. The van der Waals surface area contributed by atoms with Crippen molar-refractivity contribution in [1.82, 2.24) is 24.7 Å². The van der Waals surface area contributed by atoms with Gasteiger partial charge in [-0.15, -0.1) is 0 Å². The number of aryl methyl sites for hydroxylation is 1. The van der Waals surface area contributed by atoms with E-state index >= 15 is 0 Å². The minimum absolute atomic E-state index is 0.406. The standard InChI is InChI=1S/C13H9Cl2N5S/c1-20-6-7(4-17-20)10-3-11(21)19-13(18-10)12-9(15)2-8(14)5-16-12/h2-6H,1H3,(H,18,19,21). The lowest BCUT2D eigenvalue weighted by Crippen LogP contribution is -1.95. The highest BCUT2D eigenvalue weighted by molar-refractivity contribution is 7.71. The molecule has 0 bridgehead atoms. The number of rotatable bonds is 2. The number of halogens is 2. The maximum Gasteiger partial charge on any atom is 0.159 e. The van der Waals surface area contributed by atoms with Crippen LogP contribution < -0.4 is 0 Å². The van der Waals surface area contributed by atoms with E-state index in [2.05, 4.69) is 20.1 Å². The number of H-pyrrole nitrogens is 1. The van der Waals surface area contributed by atoms with Gasteiger partial charge in [-0.2, -0.15) is 5.10 Å². The summed E-state index contributed by atoms with van der Waals surface area (Å²) < 4.78 is 2.15. The van der Waals surface area contributed by atoms with Crippen LogP contribution in [0.3, 0.4) is 0 Å². The van der Waals surface area contributed by atoms with E-state index in [1.807, 2.05) is 13.2 Å². The Morgan fingerprint density at radius 3 is 2.71 bits per heavy atom. The van der Waals surface area contributed by atoms with Gasteiger partial charge in [-0.05, 0) is 12.1 Å². The molecule has 0 atom stereocenters. The van der Waals surface area contributed by atoms with Crippen LogP contribution in [0.4, 0.5) is 0 Å². The molecule has 0 aliphatic rings. The summed E-state index contributed by atoms with van der Waals surface area (Å²) in [4.78, 5) is 11.6.